The summed E-state index contributed by atoms with van der Waals surface area (Å²) in [4.78, 5) is 9.00. The first-order valence-electron chi connectivity index (χ1n) is 9.18. The molecule has 2 aromatic carbocycles. The summed E-state index contributed by atoms with van der Waals surface area (Å²) in [6, 6.07) is 18.1. The van der Waals surface area contributed by atoms with Gasteiger partial charge in [-0.25, -0.2) is 9.97 Å². The van der Waals surface area contributed by atoms with Gasteiger partial charge in [-0.3, -0.25) is 0 Å². The number of hydrogen-bond donors (Lipinski definition) is 2. The minimum absolute atomic E-state index is 0.103. The summed E-state index contributed by atoms with van der Waals surface area (Å²) in [5.41, 5.74) is 3.39. The van der Waals surface area contributed by atoms with E-state index < -0.39 is 0 Å². The van der Waals surface area contributed by atoms with Crippen LogP contribution < -0.4 is 15.4 Å². The molecule has 0 aliphatic carbocycles. The van der Waals surface area contributed by atoms with Crippen molar-refractivity contribution in [2.45, 2.75) is 40.3 Å². The maximum atomic E-state index is 5.87. The minimum Gasteiger partial charge on any atom is -0.489 e. The topological polar surface area (TPSA) is 59.1 Å². The lowest BCUT2D eigenvalue weighted by Gasteiger charge is -2.16. The molecule has 0 amide bonds. The second-order valence-corrected chi connectivity index (χ2v) is 6.75. The second kappa shape index (κ2) is 8.54. The highest BCUT2D eigenvalue weighted by molar-refractivity contribution is 5.65. The Labute approximate surface area is 160 Å². The van der Waals surface area contributed by atoms with Crippen LogP contribution in [-0.4, -0.2) is 16.1 Å². The van der Waals surface area contributed by atoms with Crippen LogP contribution in [0.25, 0.3) is 0 Å². The summed E-state index contributed by atoms with van der Waals surface area (Å²) in [6.07, 6.45) is 0.103. The fraction of sp³-hybridized carbons (Fsp3) is 0.273. The van der Waals surface area contributed by atoms with Gasteiger partial charge in [0.2, 0.25) is 0 Å². The van der Waals surface area contributed by atoms with Crippen molar-refractivity contribution >= 4 is 17.3 Å². The molecule has 0 bridgehead atoms. The summed E-state index contributed by atoms with van der Waals surface area (Å²) in [6.45, 7) is 8.75. The van der Waals surface area contributed by atoms with Crippen LogP contribution in [0.2, 0.25) is 0 Å². The van der Waals surface area contributed by atoms with Crippen LogP contribution in [0.4, 0.5) is 17.3 Å². The molecule has 1 aromatic heterocycles. The SMILES string of the molecule is Cc1nc(NCc2ccccc2C)cc(Nc2ccccc2OC(C)C)n1. The van der Waals surface area contributed by atoms with Crippen LogP contribution in [0, 0.1) is 13.8 Å². The fourth-order valence-corrected chi connectivity index (χ4v) is 2.78. The molecular formula is C22H26N4O. The van der Waals surface area contributed by atoms with E-state index >= 15 is 0 Å². The number of benzene rings is 2. The quantitative estimate of drug-likeness (QED) is 0.602. The molecule has 27 heavy (non-hydrogen) atoms. The number of hydrogen-bond acceptors (Lipinski definition) is 5. The summed E-state index contributed by atoms with van der Waals surface area (Å²) < 4.78 is 5.87. The van der Waals surface area contributed by atoms with Gasteiger partial charge in [0.1, 0.15) is 23.2 Å². The van der Waals surface area contributed by atoms with Gasteiger partial charge < -0.3 is 15.4 Å². The van der Waals surface area contributed by atoms with E-state index in [9.17, 15) is 0 Å². The number of nitrogens with zero attached hydrogens (tertiary/aromatic N) is 2. The van der Waals surface area contributed by atoms with Crippen molar-refractivity contribution in [1.82, 2.24) is 9.97 Å². The van der Waals surface area contributed by atoms with E-state index in [2.05, 4.69) is 39.7 Å². The van der Waals surface area contributed by atoms with Crippen molar-refractivity contribution in [3.63, 3.8) is 0 Å². The van der Waals surface area contributed by atoms with Crippen LogP contribution in [-0.2, 0) is 6.54 Å². The summed E-state index contributed by atoms with van der Waals surface area (Å²) in [7, 11) is 0. The maximum absolute atomic E-state index is 5.87. The highest BCUT2D eigenvalue weighted by Gasteiger charge is 2.08. The van der Waals surface area contributed by atoms with Gasteiger partial charge in [0.05, 0.1) is 11.8 Å². The molecule has 2 N–H and O–H groups in total. The monoisotopic (exact) mass is 362 g/mol. The summed E-state index contributed by atoms with van der Waals surface area (Å²) >= 11 is 0. The van der Waals surface area contributed by atoms with Crippen molar-refractivity contribution in [3.8, 4) is 5.75 Å². The molecule has 1 heterocycles. The average molecular weight is 362 g/mol. The van der Waals surface area contributed by atoms with Gasteiger partial charge in [-0.2, -0.15) is 0 Å². The minimum atomic E-state index is 0.103. The van der Waals surface area contributed by atoms with Gasteiger partial charge in [0.15, 0.2) is 0 Å². The number of para-hydroxylation sites is 2. The molecule has 0 saturated carbocycles. The lowest BCUT2D eigenvalue weighted by atomic mass is 10.1. The molecule has 0 spiro atoms. The van der Waals surface area contributed by atoms with E-state index in [0.29, 0.717) is 5.82 Å². The Bertz CT molecular complexity index is 908. The Morgan fingerprint density at radius 3 is 2.41 bits per heavy atom. The molecule has 0 aliphatic rings. The van der Waals surface area contributed by atoms with E-state index in [1.165, 1.54) is 11.1 Å². The molecule has 0 atom stereocenters. The number of nitrogens with one attached hydrogen (secondary N) is 2. The molecule has 0 fully saturated rings. The van der Waals surface area contributed by atoms with Crippen LogP contribution in [0.5, 0.6) is 5.75 Å². The summed E-state index contributed by atoms with van der Waals surface area (Å²) in [5, 5.41) is 6.75. The van der Waals surface area contributed by atoms with E-state index in [4.69, 9.17) is 4.74 Å². The molecule has 0 radical (unpaired) electrons. The van der Waals surface area contributed by atoms with E-state index in [1.54, 1.807) is 0 Å². The Hall–Kier alpha value is -3.08. The van der Waals surface area contributed by atoms with Crippen molar-refractivity contribution in [3.05, 3.63) is 71.5 Å². The van der Waals surface area contributed by atoms with Crippen LogP contribution in [0.3, 0.4) is 0 Å². The van der Waals surface area contributed by atoms with Crippen LogP contribution >= 0.6 is 0 Å². The van der Waals surface area contributed by atoms with Crippen molar-refractivity contribution in [2.24, 2.45) is 0 Å². The Morgan fingerprint density at radius 2 is 1.63 bits per heavy atom. The normalized spacial score (nSPS) is 10.7. The van der Waals surface area contributed by atoms with Gasteiger partial charge >= 0.3 is 0 Å². The zero-order valence-electron chi connectivity index (χ0n) is 16.3. The molecule has 140 valence electrons. The zero-order chi connectivity index (χ0) is 19.2. The highest BCUT2D eigenvalue weighted by Crippen LogP contribution is 2.28. The van der Waals surface area contributed by atoms with E-state index in [1.807, 2.05) is 63.2 Å². The average Bonchev–Trinajstić information content (AvgIpc) is 2.62. The molecule has 3 rings (SSSR count). The molecule has 5 nitrogen and oxygen atoms in total. The Kier molecular flexibility index (Phi) is 5.91. The van der Waals surface area contributed by atoms with Gasteiger partial charge in [-0.1, -0.05) is 36.4 Å². The largest absolute Gasteiger partial charge is 0.489 e. The Morgan fingerprint density at radius 1 is 0.926 bits per heavy atom. The molecule has 0 unspecified atom stereocenters. The fourth-order valence-electron chi connectivity index (χ4n) is 2.78. The van der Waals surface area contributed by atoms with Gasteiger partial charge in [-0.05, 0) is 51.0 Å². The first-order chi connectivity index (χ1) is 13.0. The van der Waals surface area contributed by atoms with Gasteiger partial charge in [-0.15, -0.1) is 0 Å². The third kappa shape index (κ3) is 5.20. The first kappa shape index (κ1) is 18.7. The zero-order valence-corrected chi connectivity index (χ0v) is 16.3. The molecule has 5 heteroatoms. The third-order valence-electron chi connectivity index (χ3n) is 4.07. The lowest BCUT2D eigenvalue weighted by molar-refractivity contribution is 0.244. The second-order valence-electron chi connectivity index (χ2n) is 6.75. The maximum Gasteiger partial charge on any atom is 0.143 e. The van der Waals surface area contributed by atoms with Crippen molar-refractivity contribution in [2.75, 3.05) is 10.6 Å². The van der Waals surface area contributed by atoms with Crippen LogP contribution in [0.1, 0.15) is 30.8 Å². The van der Waals surface area contributed by atoms with Gasteiger partial charge in [0, 0.05) is 12.6 Å². The van der Waals surface area contributed by atoms with Crippen molar-refractivity contribution in [1.29, 1.82) is 0 Å². The predicted octanol–water partition coefficient (Wildman–Crippen LogP) is 5.24. The lowest BCUT2D eigenvalue weighted by Crippen LogP contribution is -2.08. The van der Waals surface area contributed by atoms with E-state index in [0.717, 1.165) is 29.6 Å². The molecule has 3 aromatic rings. The molecule has 0 saturated heterocycles. The van der Waals surface area contributed by atoms with E-state index in [-0.39, 0.29) is 6.10 Å². The van der Waals surface area contributed by atoms with Gasteiger partial charge in [0.25, 0.3) is 0 Å². The summed E-state index contributed by atoms with van der Waals surface area (Å²) in [5.74, 6) is 3.03. The number of rotatable bonds is 7. The van der Waals surface area contributed by atoms with Crippen molar-refractivity contribution < 1.29 is 4.74 Å². The number of aromatic nitrogens is 2. The predicted molar refractivity (Wildman–Crippen MR) is 111 cm³/mol. The molecule has 0 aliphatic heterocycles. The van der Waals surface area contributed by atoms with Crippen LogP contribution in [0.15, 0.2) is 54.6 Å². The standard InChI is InChI=1S/C22H26N4O/c1-15(2)27-20-12-8-7-11-19(20)26-22-13-21(24-17(4)25-22)23-14-18-10-6-5-9-16(18)3/h5-13,15H,14H2,1-4H3,(H2,23,24,25,26). The number of anilines is 3. The number of aryl methyl sites for hydroxylation is 2. The highest BCUT2D eigenvalue weighted by atomic mass is 16.5. The molecular weight excluding hydrogens is 336 g/mol. The first-order valence-corrected chi connectivity index (χ1v) is 9.18. The smallest absolute Gasteiger partial charge is 0.143 e. The number of ether oxygens (including phenoxy) is 1. The Balaban J connectivity index is 1.77. The third-order valence-corrected chi connectivity index (χ3v) is 4.07.